The van der Waals surface area contributed by atoms with Crippen molar-refractivity contribution in [1.29, 1.82) is 0 Å². The van der Waals surface area contributed by atoms with Gasteiger partial charge >= 0.3 is 0 Å². The van der Waals surface area contributed by atoms with Gasteiger partial charge in [-0.2, -0.15) is 0 Å². The minimum Gasteiger partial charge on any atom is -0.497 e. The Morgan fingerprint density at radius 1 is 0.815 bits per heavy atom. The summed E-state index contributed by atoms with van der Waals surface area (Å²) in [7, 11) is 4.50. The zero-order valence-electron chi connectivity index (χ0n) is 14.9. The van der Waals surface area contributed by atoms with Gasteiger partial charge in [-0.1, -0.05) is 11.6 Å². The summed E-state index contributed by atoms with van der Waals surface area (Å²) in [6, 6.07) is 12.5. The van der Waals surface area contributed by atoms with Gasteiger partial charge in [-0.05, 0) is 70.1 Å². The molecule has 0 unspecified atom stereocenters. The Balaban J connectivity index is 2.40. The monoisotopic (exact) mass is 424 g/mol. The van der Waals surface area contributed by atoms with Gasteiger partial charge in [0.05, 0.1) is 14.2 Å². The first-order valence-corrected chi connectivity index (χ1v) is 10.3. The van der Waals surface area contributed by atoms with E-state index in [1.54, 1.807) is 24.3 Å². The second-order valence-electron chi connectivity index (χ2n) is 5.37. The lowest BCUT2D eigenvalue weighted by Crippen LogP contribution is -2.37. The van der Waals surface area contributed by atoms with E-state index < -0.39 is 15.8 Å². The van der Waals surface area contributed by atoms with Gasteiger partial charge in [-0.15, -0.1) is 0 Å². The van der Waals surface area contributed by atoms with Gasteiger partial charge in [0.15, 0.2) is 5.12 Å². The van der Waals surface area contributed by atoms with Crippen LogP contribution in [0, 0.1) is 0 Å². The number of alkyl halides is 1. The number of rotatable bonds is 8. The van der Waals surface area contributed by atoms with Gasteiger partial charge < -0.3 is 9.47 Å². The highest BCUT2D eigenvalue weighted by atomic mass is 35.5. The van der Waals surface area contributed by atoms with Gasteiger partial charge in [0.2, 0.25) is 15.8 Å². The molecule has 0 aromatic heterocycles. The van der Waals surface area contributed by atoms with E-state index >= 15 is 0 Å². The van der Waals surface area contributed by atoms with E-state index in [-0.39, 0.29) is 16.2 Å². The lowest BCUT2D eigenvalue weighted by Gasteiger charge is -2.23. The molecule has 0 bridgehead atoms. The number of hydrogen-bond donors (Lipinski definition) is 0. The summed E-state index contributed by atoms with van der Waals surface area (Å²) < 4.78 is 8.16. The van der Waals surface area contributed by atoms with Crippen LogP contribution in [-0.2, 0) is 4.79 Å². The summed E-state index contributed by atoms with van der Waals surface area (Å²) in [5.41, 5.74) is 0.480. The van der Waals surface area contributed by atoms with Gasteiger partial charge in [0.25, 0.3) is 0 Å². The topological polar surface area (TPSA) is 69.7 Å². The largest absolute Gasteiger partial charge is 0.497 e. The first-order chi connectivity index (χ1) is 12.8. The molecule has 2 aromatic rings. The van der Waals surface area contributed by atoms with E-state index in [0.717, 1.165) is 21.6 Å². The molecular weight excluding hydrogens is 408 g/mol. The van der Waals surface area contributed by atoms with E-state index in [1.165, 1.54) is 45.4 Å². The number of ether oxygens (including phenoxy) is 2. The summed E-state index contributed by atoms with van der Waals surface area (Å²) in [6.07, 6.45) is 0. The molecule has 0 saturated carbocycles. The summed E-state index contributed by atoms with van der Waals surface area (Å²) in [4.78, 5) is 37.5. The van der Waals surface area contributed by atoms with E-state index in [4.69, 9.17) is 21.1 Å². The predicted molar refractivity (Wildman–Crippen MR) is 109 cm³/mol. The molecule has 0 aliphatic carbocycles. The number of carbonyl (C=O) groups excluding carboxylic acids is 3. The number of methoxy groups -OCH3 is 2. The van der Waals surface area contributed by atoms with E-state index in [2.05, 4.69) is 0 Å². The van der Waals surface area contributed by atoms with Crippen LogP contribution in [-0.4, -0.2) is 35.1 Å². The molecule has 5 nitrogen and oxygen atoms in total. The highest BCUT2D eigenvalue weighted by Crippen LogP contribution is 2.44. The number of ketones is 2. The lowest BCUT2D eigenvalue weighted by atomic mass is 10.00. The summed E-state index contributed by atoms with van der Waals surface area (Å²) in [6.45, 7) is 1.34. The van der Waals surface area contributed by atoms with Crippen molar-refractivity contribution in [3.05, 3.63) is 59.7 Å². The first kappa shape index (κ1) is 21.3. The second-order valence-corrected chi connectivity index (χ2v) is 8.68. The highest BCUT2D eigenvalue weighted by Gasteiger charge is 2.46. The maximum atomic E-state index is 13.1. The van der Waals surface area contributed by atoms with Crippen LogP contribution in [0.25, 0.3) is 0 Å². The molecule has 0 aliphatic heterocycles. The molecule has 0 N–H and O–H groups in total. The Bertz CT molecular complexity index is 775. The predicted octanol–water partition coefficient (Wildman–Crippen LogP) is 4.63. The zero-order valence-corrected chi connectivity index (χ0v) is 17.2. The number of carbonyl (C=O) groups is 3. The fraction of sp³-hybridized carbons (Fsp3) is 0.211. The van der Waals surface area contributed by atoms with E-state index in [9.17, 15) is 14.4 Å². The number of hydrogen-bond acceptors (Lipinski definition) is 7. The van der Waals surface area contributed by atoms with Crippen molar-refractivity contribution in [3.63, 3.8) is 0 Å². The molecule has 2 rings (SSSR count). The summed E-state index contributed by atoms with van der Waals surface area (Å²) in [5.74, 6) is -0.0734. The number of halogens is 1. The maximum Gasteiger partial charge on any atom is 0.225 e. The van der Waals surface area contributed by atoms with Crippen LogP contribution in [0.1, 0.15) is 27.6 Å². The standard InChI is InChI=1S/C19H17ClO5S2/c1-12(21)26-27-19(20,17(22)13-4-8-15(24-2)9-5-13)18(23)14-6-10-16(25-3)11-7-14/h4-11H,1-3H3. The van der Waals surface area contributed by atoms with Crippen LogP contribution in [0.15, 0.2) is 48.5 Å². The number of Topliss-reactive ketones (excluding diaryl/α,β-unsaturated/α-hetero) is 2. The van der Waals surface area contributed by atoms with Crippen molar-refractivity contribution in [2.24, 2.45) is 0 Å². The Labute approximate surface area is 170 Å². The molecule has 2 aromatic carbocycles. The molecule has 0 spiro atoms. The van der Waals surface area contributed by atoms with Gasteiger partial charge in [0.1, 0.15) is 11.5 Å². The van der Waals surface area contributed by atoms with Crippen LogP contribution in [0.3, 0.4) is 0 Å². The average molecular weight is 425 g/mol. The quantitative estimate of drug-likeness (QED) is 0.265. The Morgan fingerprint density at radius 2 is 1.19 bits per heavy atom. The third kappa shape index (κ3) is 5.06. The molecule has 8 heteroatoms. The molecule has 142 valence electrons. The average Bonchev–Trinajstić information content (AvgIpc) is 2.71. The Morgan fingerprint density at radius 3 is 1.48 bits per heavy atom. The molecule has 0 radical (unpaired) electrons. The SMILES string of the molecule is COc1ccc(C(=O)C(Cl)(SSC(C)=O)C(=O)c2ccc(OC)cc2)cc1. The maximum absolute atomic E-state index is 13.1. The van der Waals surface area contributed by atoms with Crippen molar-refractivity contribution in [2.45, 2.75) is 11.1 Å². The normalized spacial score (nSPS) is 11.0. The molecule has 0 amide bonds. The van der Waals surface area contributed by atoms with Crippen molar-refractivity contribution >= 4 is 49.9 Å². The molecule has 0 fully saturated rings. The van der Waals surface area contributed by atoms with Crippen molar-refractivity contribution in [1.82, 2.24) is 0 Å². The molecule has 0 atom stereocenters. The fourth-order valence-corrected chi connectivity index (χ4v) is 4.42. The van der Waals surface area contributed by atoms with Crippen LogP contribution >= 0.6 is 33.2 Å². The molecule has 0 aliphatic rings. The fourth-order valence-electron chi connectivity index (χ4n) is 2.15. The minimum atomic E-state index is -1.99. The van der Waals surface area contributed by atoms with Gasteiger partial charge in [-0.3, -0.25) is 14.4 Å². The van der Waals surface area contributed by atoms with E-state index in [0.29, 0.717) is 11.5 Å². The van der Waals surface area contributed by atoms with Crippen molar-refractivity contribution in [3.8, 4) is 11.5 Å². The van der Waals surface area contributed by atoms with Gasteiger partial charge in [0, 0.05) is 18.1 Å². The molecule has 0 heterocycles. The smallest absolute Gasteiger partial charge is 0.225 e. The van der Waals surface area contributed by atoms with Crippen molar-refractivity contribution < 1.29 is 23.9 Å². The molecule has 0 saturated heterocycles. The van der Waals surface area contributed by atoms with Gasteiger partial charge in [-0.25, -0.2) is 0 Å². The van der Waals surface area contributed by atoms with Crippen LogP contribution in [0.2, 0.25) is 0 Å². The third-order valence-corrected chi connectivity index (χ3v) is 7.03. The summed E-state index contributed by atoms with van der Waals surface area (Å²) in [5, 5.41) is -0.268. The molecule has 27 heavy (non-hydrogen) atoms. The van der Waals surface area contributed by atoms with Crippen LogP contribution in [0.5, 0.6) is 11.5 Å². The Hall–Kier alpha value is -1.96. The van der Waals surface area contributed by atoms with Crippen molar-refractivity contribution in [2.75, 3.05) is 14.2 Å². The third-order valence-electron chi connectivity index (χ3n) is 3.56. The van der Waals surface area contributed by atoms with E-state index in [1.807, 2.05) is 0 Å². The molecular formula is C19H17ClO5S2. The highest BCUT2D eigenvalue weighted by molar-refractivity contribution is 8.83. The lowest BCUT2D eigenvalue weighted by molar-refractivity contribution is -0.109. The minimum absolute atomic E-state index is 0.240. The Kier molecular flexibility index (Phi) is 7.35. The number of benzene rings is 2. The zero-order chi connectivity index (χ0) is 20.0. The van der Waals surface area contributed by atoms with Crippen LogP contribution in [0.4, 0.5) is 0 Å². The second kappa shape index (κ2) is 9.30. The van der Waals surface area contributed by atoms with Crippen LogP contribution < -0.4 is 9.47 Å². The summed E-state index contributed by atoms with van der Waals surface area (Å²) >= 11 is 6.53. The first-order valence-electron chi connectivity index (χ1n) is 7.74.